The quantitative estimate of drug-likeness (QED) is 0.700. The highest BCUT2D eigenvalue weighted by Crippen LogP contribution is 2.53. The molecule has 2 aliphatic rings. The first kappa shape index (κ1) is 12.9. The molecule has 3 unspecified atom stereocenters. The Kier molecular flexibility index (Phi) is 3.87. The minimum Gasteiger partial charge on any atom is -0.198 e. The molecule has 18 heavy (non-hydrogen) atoms. The van der Waals surface area contributed by atoms with Gasteiger partial charge in [-0.25, -0.2) is 0 Å². The van der Waals surface area contributed by atoms with Gasteiger partial charge in [0.05, 0.1) is 24.0 Å². The second kappa shape index (κ2) is 5.40. The van der Waals surface area contributed by atoms with Gasteiger partial charge in [-0.2, -0.15) is 10.5 Å². The van der Waals surface area contributed by atoms with Crippen molar-refractivity contribution in [2.75, 3.05) is 0 Å². The Bertz CT molecular complexity index is 454. The second-order valence-corrected chi connectivity index (χ2v) is 5.76. The topological polar surface area (TPSA) is 47.6 Å². The molecule has 0 bridgehead atoms. The minimum atomic E-state index is -0.0212. The number of hydrogen-bond acceptors (Lipinski definition) is 2. The van der Waals surface area contributed by atoms with E-state index in [2.05, 4.69) is 38.1 Å². The monoisotopic (exact) mass is 240 g/mol. The molecular formula is C16H20N2. The summed E-state index contributed by atoms with van der Waals surface area (Å²) in [4.78, 5) is 0. The summed E-state index contributed by atoms with van der Waals surface area (Å²) in [5.74, 6) is 0.862. The van der Waals surface area contributed by atoms with Crippen molar-refractivity contribution in [2.24, 2.45) is 23.7 Å². The van der Waals surface area contributed by atoms with Gasteiger partial charge in [0, 0.05) is 0 Å². The molecule has 0 N–H and O–H groups in total. The summed E-state index contributed by atoms with van der Waals surface area (Å²) in [6.07, 6.45) is 8.85. The lowest BCUT2D eigenvalue weighted by atomic mass is 9.53. The third-order valence-corrected chi connectivity index (χ3v) is 4.35. The van der Waals surface area contributed by atoms with E-state index in [0.717, 1.165) is 25.7 Å². The molecule has 0 radical (unpaired) electrons. The number of rotatable bonds is 3. The molecule has 0 saturated heterocycles. The largest absolute Gasteiger partial charge is 0.198 e. The van der Waals surface area contributed by atoms with E-state index < -0.39 is 0 Å². The van der Waals surface area contributed by atoms with Crippen LogP contribution < -0.4 is 0 Å². The van der Waals surface area contributed by atoms with E-state index in [4.69, 9.17) is 10.5 Å². The molecule has 0 aromatic heterocycles. The maximum Gasteiger partial charge on any atom is 0.0672 e. The number of allylic oxidation sites excluding steroid dienone is 4. The number of hydrogen-bond donors (Lipinski definition) is 0. The van der Waals surface area contributed by atoms with Crippen LogP contribution in [0.15, 0.2) is 23.3 Å². The van der Waals surface area contributed by atoms with Gasteiger partial charge in [-0.1, -0.05) is 23.3 Å². The minimum absolute atomic E-state index is 0.0180. The Morgan fingerprint density at radius 1 is 1.28 bits per heavy atom. The van der Waals surface area contributed by atoms with Gasteiger partial charge in [0.1, 0.15) is 0 Å². The summed E-state index contributed by atoms with van der Waals surface area (Å²) in [5, 5.41) is 18.2. The van der Waals surface area contributed by atoms with Crippen molar-refractivity contribution in [3.05, 3.63) is 23.3 Å². The molecule has 1 saturated carbocycles. The van der Waals surface area contributed by atoms with Crippen LogP contribution in [0.25, 0.3) is 0 Å². The van der Waals surface area contributed by atoms with Gasteiger partial charge in [-0.15, -0.1) is 0 Å². The zero-order valence-corrected chi connectivity index (χ0v) is 11.2. The van der Waals surface area contributed by atoms with Crippen molar-refractivity contribution in [3.8, 4) is 12.1 Å². The zero-order chi connectivity index (χ0) is 13.1. The smallest absolute Gasteiger partial charge is 0.0672 e. The Morgan fingerprint density at radius 2 is 1.94 bits per heavy atom. The summed E-state index contributed by atoms with van der Waals surface area (Å²) in [6.45, 7) is 4.25. The lowest BCUT2D eigenvalue weighted by Gasteiger charge is -2.48. The molecule has 4 atom stereocenters. The highest BCUT2D eigenvalue weighted by molar-refractivity contribution is 5.22. The predicted molar refractivity (Wildman–Crippen MR) is 71.2 cm³/mol. The fraction of sp³-hybridized carbons (Fsp3) is 0.625. The standard InChI is InChI=1S/C16H20N2/c1-11(2)4-3-5-12-6-7-13-14(8-12)16(10-18)15(13)9-17/h4,6,13-16H,3,5,7-8H2,1-2H3/t13?,14-,15?,16?/m0/s1. The lowest BCUT2D eigenvalue weighted by Crippen LogP contribution is -2.46. The van der Waals surface area contributed by atoms with Crippen LogP contribution in [0, 0.1) is 46.3 Å². The highest BCUT2D eigenvalue weighted by Gasteiger charge is 2.51. The van der Waals surface area contributed by atoms with Gasteiger partial charge in [0.15, 0.2) is 0 Å². The van der Waals surface area contributed by atoms with Crippen molar-refractivity contribution in [3.63, 3.8) is 0 Å². The van der Waals surface area contributed by atoms with E-state index in [0.29, 0.717) is 11.8 Å². The Balaban J connectivity index is 1.94. The summed E-state index contributed by atoms with van der Waals surface area (Å²) in [5.41, 5.74) is 2.86. The van der Waals surface area contributed by atoms with Crippen molar-refractivity contribution < 1.29 is 0 Å². The van der Waals surface area contributed by atoms with Gasteiger partial charge in [0.25, 0.3) is 0 Å². The van der Waals surface area contributed by atoms with Crippen LogP contribution in [0.2, 0.25) is 0 Å². The summed E-state index contributed by atoms with van der Waals surface area (Å²) < 4.78 is 0. The van der Waals surface area contributed by atoms with E-state index in [1.807, 2.05) is 0 Å². The molecule has 2 aliphatic carbocycles. The molecule has 0 spiro atoms. The normalized spacial score (nSPS) is 33.2. The van der Waals surface area contributed by atoms with Crippen LogP contribution in [-0.4, -0.2) is 0 Å². The summed E-state index contributed by atoms with van der Waals surface area (Å²) >= 11 is 0. The maximum atomic E-state index is 9.13. The van der Waals surface area contributed by atoms with Crippen LogP contribution in [0.5, 0.6) is 0 Å². The average molecular weight is 240 g/mol. The fourth-order valence-electron chi connectivity index (χ4n) is 3.31. The Morgan fingerprint density at radius 3 is 2.56 bits per heavy atom. The molecule has 0 aromatic rings. The highest BCUT2D eigenvalue weighted by atomic mass is 14.5. The lowest BCUT2D eigenvalue weighted by molar-refractivity contribution is 0.0482. The first-order chi connectivity index (χ1) is 8.67. The second-order valence-electron chi connectivity index (χ2n) is 5.76. The zero-order valence-electron chi connectivity index (χ0n) is 11.2. The fourth-order valence-corrected chi connectivity index (χ4v) is 3.31. The van der Waals surface area contributed by atoms with Crippen LogP contribution in [0.3, 0.4) is 0 Å². The molecule has 0 heterocycles. The van der Waals surface area contributed by atoms with Gasteiger partial charge in [-0.05, 0) is 51.4 Å². The van der Waals surface area contributed by atoms with Gasteiger partial charge >= 0.3 is 0 Å². The van der Waals surface area contributed by atoms with Crippen molar-refractivity contribution >= 4 is 0 Å². The van der Waals surface area contributed by atoms with Crippen LogP contribution in [0.1, 0.15) is 39.5 Å². The van der Waals surface area contributed by atoms with E-state index in [1.54, 1.807) is 0 Å². The maximum absolute atomic E-state index is 9.13. The van der Waals surface area contributed by atoms with Crippen LogP contribution in [0.4, 0.5) is 0 Å². The first-order valence-corrected chi connectivity index (χ1v) is 6.78. The van der Waals surface area contributed by atoms with Crippen molar-refractivity contribution in [2.45, 2.75) is 39.5 Å². The van der Waals surface area contributed by atoms with Crippen LogP contribution in [-0.2, 0) is 0 Å². The number of nitrogens with zero attached hydrogens (tertiary/aromatic N) is 2. The molecular weight excluding hydrogens is 220 g/mol. The average Bonchev–Trinajstić information content (AvgIpc) is 2.32. The summed E-state index contributed by atoms with van der Waals surface area (Å²) in [7, 11) is 0. The Labute approximate surface area is 110 Å². The van der Waals surface area contributed by atoms with E-state index >= 15 is 0 Å². The predicted octanol–water partition coefficient (Wildman–Crippen LogP) is 3.98. The van der Waals surface area contributed by atoms with Gasteiger partial charge in [-0.3, -0.25) is 0 Å². The molecule has 0 amide bonds. The molecule has 2 heteroatoms. The number of fused-ring (bicyclic) bond motifs is 1. The van der Waals surface area contributed by atoms with E-state index in [-0.39, 0.29) is 11.8 Å². The Hall–Kier alpha value is -1.54. The number of nitriles is 2. The van der Waals surface area contributed by atoms with Crippen molar-refractivity contribution in [1.82, 2.24) is 0 Å². The molecule has 2 rings (SSSR count). The van der Waals surface area contributed by atoms with Crippen LogP contribution >= 0.6 is 0 Å². The first-order valence-electron chi connectivity index (χ1n) is 6.78. The van der Waals surface area contributed by atoms with Gasteiger partial charge < -0.3 is 0 Å². The van der Waals surface area contributed by atoms with E-state index in [9.17, 15) is 0 Å². The third kappa shape index (κ3) is 2.34. The molecule has 0 aliphatic heterocycles. The van der Waals surface area contributed by atoms with Crippen molar-refractivity contribution in [1.29, 1.82) is 10.5 Å². The molecule has 2 nitrogen and oxygen atoms in total. The summed E-state index contributed by atoms with van der Waals surface area (Å²) in [6, 6.07) is 4.65. The molecule has 0 aromatic carbocycles. The third-order valence-electron chi connectivity index (χ3n) is 4.35. The van der Waals surface area contributed by atoms with Gasteiger partial charge in [0.2, 0.25) is 0 Å². The SMILES string of the molecule is CC(C)=CCCC1=CCC2C(C#N)C(C#N)[C@H]2C1. The molecule has 94 valence electrons. The van der Waals surface area contributed by atoms with E-state index in [1.165, 1.54) is 11.1 Å². The molecule has 1 fully saturated rings.